The number of benzene rings is 7. The highest BCUT2D eigenvalue weighted by atomic mass is 16.3. The summed E-state index contributed by atoms with van der Waals surface area (Å²) >= 11 is 0. The van der Waals surface area contributed by atoms with E-state index in [0.29, 0.717) is 5.89 Å². The Morgan fingerprint density at radius 3 is 1.79 bits per heavy atom. The molecule has 0 atom stereocenters. The Morgan fingerprint density at radius 1 is 0.404 bits per heavy atom. The normalized spacial score (nSPS) is 11.5. The molecule has 7 aromatic carbocycles. The van der Waals surface area contributed by atoms with Gasteiger partial charge in [0.1, 0.15) is 16.7 Å². The molecule has 4 heterocycles. The van der Waals surface area contributed by atoms with Crippen LogP contribution < -0.4 is 4.90 Å². The van der Waals surface area contributed by atoms with Crippen molar-refractivity contribution in [2.75, 3.05) is 4.90 Å². The maximum absolute atomic E-state index is 6.22. The number of aromatic nitrogens is 3. The van der Waals surface area contributed by atoms with Gasteiger partial charge in [-0.1, -0.05) is 97.1 Å². The van der Waals surface area contributed by atoms with Gasteiger partial charge in [-0.3, -0.25) is 4.98 Å². The maximum Gasteiger partial charge on any atom is 0.227 e. The summed E-state index contributed by atoms with van der Waals surface area (Å²) in [5, 5.41) is 3.29. The van der Waals surface area contributed by atoms with Crippen molar-refractivity contribution in [1.29, 1.82) is 0 Å². The number of nitrogens with zero attached hydrogens (tertiary/aromatic N) is 4. The first-order chi connectivity index (χ1) is 28.2. The number of fused-ring (bicyclic) bond motifs is 5. The quantitative estimate of drug-likeness (QED) is 0.162. The SMILES string of the molecule is c1ccc(-c2nc(-c3ccc(N(c4ccc(-c5ccc6c(c5)oc5ccccc56)cc4)c4ccc(-c5nc6ccccc6o5)cc4)cc3)cc3cccnc23)cc1. The van der Waals surface area contributed by atoms with Crippen LogP contribution in [-0.2, 0) is 0 Å². The van der Waals surface area contributed by atoms with Gasteiger partial charge in [0.25, 0.3) is 0 Å². The van der Waals surface area contributed by atoms with E-state index in [-0.39, 0.29) is 0 Å². The van der Waals surface area contributed by atoms with Crippen molar-refractivity contribution < 1.29 is 8.83 Å². The van der Waals surface area contributed by atoms with Crippen LogP contribution in [0.25, 0.3) is 89.0 Å². The lowest BCUT2D eigenvalue weighted by atomic mass is 10.0. The molecule has 0 unspecified atom stereocenters. The van der Waals surface area contributed by atoms with Crippen molar-refractivity contribution in [2.24, 2.45) is 0 Å². The number of oxazole rings is 1. The molecule has 6 nitrogen and oxygen atoms in total. The highest BCUT2D eigenvalue weighted by Gasteiger charge is 2.17. The number of hydrogen-bond acceptors (Lipinski definition) is 6. The lowest BCUT2D eigenvalue weighted by Gasteiger charge is -2.26. The Labute approximate surface area is 328 Å². The van der Waals surface area contributed by atoms with E-state index in [1.54, 1.807) is 0 Å². The summed E-state index contributed by atoms with van der Waals surface area (Å²) in [5.74, 6) is 0.595. The van der Waals surface area contributed by atoms with Crippen LogP contribution in [0, 0.1) is 0 Å². The van der Waals surface area contributed by atoms with Gasteiger partial charge in [0, 0.05) is 56.1 Å². The first-order valence-electron chi connectivity index (χ1n) is 18.9. The molecule has 0 N–H and O–H groups in total. The molecular formula is C51H32N4O2. The molecule has 0 aliphatic carbocycles. The summed E-state index contributed by atoms with van der Waals surface area (Å²) < 4.78 is 12.3. The first-order valence-corrected chi connectivity index (χ1v) is 18.9. The second-order valence-electron chi connectivity index (χ2n) is 14.1. The molecule has 57 heavy (non-hydrogen) atoms. The Morgan fingerprint density at radius 2 is 1.04 bits per heavy atom. The Kier molecular flexibility index (Phi) is 7.71. The van der Waals surface area contributed by atoms with Crippen LogP contribution >= 0.6 is 0 Å². The third-order valence-electron chi connectivity index (χ3n) is 10.6. The number of pyridine rings is 2. The highest BCUT2D eigenvalue weighted by molar-refractivity contribution is 6.06. The number of anilines is 3. The molecular weight excluding hydrogens is 701 g/mol. The van der Waals surface area contributed by atoms with Crippen molar-refractivity contribution in [3.63, 3.8) is 0 Å². The molecule has 0 spiro atoms. The van der Waals surface area contributed by atoms with Gasteiger partial charge in [-0.15, -0.1) is 0 Å². The van der Waals surface area contributed by atoms with Gasteiger partial charge in [-0.2, -0.15) is 0 Å². The zero-order chi connectivity index (χ0) is 37.7. The van der Waals surface area contributed by atoms with Crippen LogP contribution in [-0.4, -0.2) is 15.0 Å². The summed E-state index contributed by atoms with van der Waals surface area (Å²) in [6, 6.07) is 64.6. The van der Waals surface area contributed by atoms with Crippen LogP contribution in [0.5, 0.6) is 0 Å². The fraction of sp³-hybridized carbons (Fsp3) is 0. The van der Waals surface area contributed by atoms with Crippen LogP contribution in [0.3, 0.4) is 0 Å². The minimum atomic E-state index is 0.595. The van der Waals surface area contributed by atoms with Crippen molar-refractivity contribution in [3.05, 3.63) is 194 Å². The van der Waals surface area contributed by atoms with E-state index in [1.807, 2.05) is 72.9 Å². The monoisotopic (exact) mass is 732 g/mol. The smallest absolute Gasteiger partial charge is 0.227 e. The first kappa shape index (κ1) is 32.6. The largest absolute Gasteiger partial charge is 0.456 e. The van der Waals surface area contributed by atoms with Gasteiger partial charge in [-0.05, 0) is 102 Å². The summed E-state index contributed by atoms with van der Waals surface area (Å²) in [4.78, 5) is 16.8. The minimum absolute atomic E-state index is 0.595. The summed E-state index contributed by atoms with van der Waals surface area (Å²) in [6.07, 6.45) is 1.82. The standard InChI is InChI=1S/C51H32N4O2/c1-2-9-35(10-3-1)50-49-38(11-8-30-52-49)31-45(53-50)34-18-25-40(26-19-34)55(41-27-20-36(21-28-41)51-54-44-13-5-7-15-47(44)57-51)39-23-16-33(17-24-39)37-22-29-43-42-12-4-6-14-46(42)56-48(43)32-37/h1-32H. The van der Waals surface area contributed by atoms with Gasteiger partial charge in [0.15, 0.2) is 5.58 Å². The fourth-order valence-electron chi connectivity index (χ4n) is 7.72. The van der Waals surface area contributed by atoms with Gasteiger partial charge in [-0.25, -0.2) is 9.97 Å². The Bertz CT molecular complexity index is 3190. The molecule has 6 heteroatoms. The van der Waals surface area contributed by atoms with Crippen molar-refractivity contribution >= 4 is 61.0 Å². The number of rotatable bonds is 7. The van der Waals surface area contributed by atoms with Gasteiger partial charge in [0.2, 0.25) is 5.89 Å². The predicted molar refractivity (Wildman–Crippen MR) is 231 cm³/mol. The van der Waals surface area contributed by atoms with E-state index < -0.39 is 0 Å². The zero-order valence-corrected chi connectivity index (χ0v) is 30.6. The third-order valence-corrected chi connectivity index (χ3v) is 10.6. The van der Waals surface area contributed by atoms with Crippen molar-refractivity contribution in [1.82, 2.24) is 15.0 Å². The van der Waals surface area contributed by atoms with E-state index in [4.69, 9.17) is 23.8 Å². The number of furan rings is 1. The Balaban J connectivity index is 0.975. The van der Waals surface area contributed by atoms with E-state index in [0.717, 1.165) is 100 Å². The molecule has 0 saturated carbocycles. The molecule has 268 valence electrons. The van der Waals surface area contributed by atoms with E-state index >= 15 is 0 Å². The lowest BCUT2D eigenvalue weighted by molar-refractivity contribution is 0.620. The van der Waals surface area contributed by atoms with Crippen LogP contribution in [0.1, 0.15) is 0 Å². The number of hydrogen-bond donors (Lipinski definition) is 0. The molecule has 0 radical (unpaired) electrons. The second-order valence-corrected chi connectivity index (χ2v) is 14.1. The summed E-state index contributed by atoms with van der Waals surface area (Å²) in [5.41, 5.74) is 14.2. The summed E-state index contributed by atoms with van der Waals surface area (Å²) in [6.45, 7) is 0. The molecule has 4 aromatic heterocycles. The lowest BCUT2D eigenvalue weighted by Crippen LogP contribution is -2.09. The highest BCUT2D eigenvalue weighted by Crippen LogP contribution is 2.39. The van der Waals surface area contributed by atoms with E-state index in [2.05, 4.69) is 126 Å². The van der Waals surface area contributed by atoms with E-state index in [1.165, 1.54) is 0 Å². The van der Waals surface area contributed by atoms with Crippen LogP contribution in [0.2, 0.25) is 0 Å². The van der Waals surface area contributed by atoms with Gasteiger partial charge < -0.3 is 13.7 Å². The minimum Gasteiger partial charge on any atom is -0.456 e. The maximum atomic E-state index is 6.22. The topological polar surface area (TPSA) is 68.2 Å². The second kappa shape index (κ2) is 13.5. The molecule has 0 amide bonds. The molecule has 0 aliphatic heterocycles. The Hall–Kier alpha value is -7.83. The zero-order valence-electron chi connectivity index (χ0n) is 30.6. The average molecular weight is 733 g/mol. The van der Waals surface area contributed by atoms with Crippen LogP contribution in [0.4, 0.5) is 17.1 Å². The van der Waals surface area contributed by atoms with E-state index in [9.17, 15) is 0 Å². The third kappa shape index (κ3) is 5.88. The molecule has 0 fully saturated rings. The number of para-hydroxylation sites is 3. The van der Waals surface area contributed by atoms with Crippen molar-refractivity contribution in [3.8, 4) is 45.1 Å². The average Bonchev–Trinajstić information content (AvgIpc) is 3.89. The predicted octanol–water partition coefficient (Wildman–Crippen LogP) is 13.8. The van der Waals surface area contributed by atoms with Gasteiger partial charge in [0.05, 0.1) is 16.9 Å². The molecule has 11 aromatic rings. The molecule has 0 aliphatic rings. The summed E-state index contributed by atoms with van der Waals surface area (Å²) in [7, 11) is 0. The van der Waals surface area contributed by atoms with Crippen molar-refractivity contribution in [2.45, 2.75) is 0 Å². The molecule has 11 rings (SSSR count). The van der Waals surface area contributed by atoms with Gasteiger partial charge >= 0.3 is 0 Å². The molecule has 0 saturated heterocycles. The molecule has 0 bridgehead atoms. The van der Waals surface area contributed by atoms with Crippen LogP contribution in [0.15, 0.2) is 203 Å². The fourth-order valence-corrected chi connectivity index (χ4v) is 7.72.